The number of benzene rings is 1. The van der Waals surface area contributed by atoms with Crippen LogP contribution in [0.25, 0.3) is 0 Å². The minimum atomic E-state index is 0. The summed E-state index contributed by atoms with van der Waals surface area (Å²) in [7, 11) is 1.91. The molecule has 1 aliphatic rings. The van der Waals surface area contributed by atoms with Crippen LogP contribution in [0.15, 0.2) is 18.2 Å². The van der Waals surface area contributed by atoms with E-state index in [1.165, 1.54) is 0 Å². The Morgan fingerprint density at radius 1 is 1.36 bits per heavy atom. The summed E-state index contributed by atoms with van der Waals surface area (Å²) in [6.07, 6.45) is 2.08. The lowest BCUT2D eigenvalue weighted by atomic mass is 10.1. The Balaban J connectivity index is 0.00000242. The first-order valence-electron chi connectivity index (χ1n) is 7.06. The number of hydrogen-bond donors (Lipinski definition) is 1. The molecule has 1 fully saturated rings. The van der Waals surface area contributed by atoms with Crippen LogP contribution in [0.5, 0.6) is 0 Å². The van der Waals surface area contributed by atoms with Crippen LogP contribution in [0.1, 0.15) is 18.4 Å². The number of nitrogens with zero attached hydrogens (tertiary/aromatic N) is 1. The van der Waals surface area contributed by atoms with Crippen molar-refractivity contribution in [2.45, 2.75) is 24.6 Å². The number of piperidine rings is 1. The molecule has 22 heavy (non-hydrogen) atoms. The zero-order chi connectivity index (χ0) is 15.2. The maximum Gasteiger partial charge on any atom is 0.232 e. The maximum absolute atomic E-state index is 12.2. The highest BCUT2D eigenvalue weighted by molar-refractivity contribution is 7.99. The van der Waals surface area contributed by atoms with E-state index in [-0.39, 0.29) is 18.3 Å². The molecule has 0 bridgehead atoms. The Morgan fingerprint density at radius 2 is 2.05 bits per heavy atom. The number of halogens is 3. The van der Waals surface area contributed by atoms with Crippen molar-refractivity contribution in [1.82, 2.24) is 10.2 Å². The maximum atomic E-state index is 12.2. The van der Waals surface area contributed by atoms with Gasteiger partial charge in [-0.05, 0) is 43.6 Å². The van der Waals surface area contributed by atoms with E-state index in [1.54, 1.807) is 17.8 Å². The molecule has 0 saturated carbocycles. The van der Waals surface area contributed by atoms with Crippen molar-refractivity contribution < 1.29 is 4.79 Å². The standard InChI is InChI=1S/C15H20Cl2N2OS.ClH/c1-19(13-4-6-18-7-5-13)15(20)10-21-9-11-2-3-12(16)8-14(11)17;/h2-3,8,13,18H,4-7,9-10H2,1H3;1H. The molecule has 1 N–H and O–H groups in total. The topological polar surface area (TPSA) is 32.3 Å². The van der Waals surface area contributed by atoms with Crippen molar-refractivity contribution in [3.8, 4) is 0 Å². The van der Waals surface area contributed by atoms with Gasteiger partial charge in [-0.25, -0.2) is 0 Å². The van der Waals surface area contributed by atoms with E-state index >= 15 is 0 Å². The lowest BCUT2D eigenvalue weighted by molar-refractivity contribution is -0.129. The van der Waals surface area contributed by atoms with E-state index in [9.17, 15) is 4.79 Å². The van der Waals surface area contributed by atoms with Gasteiger partial charge in [0.1, 0.15) is 0 Å². The number of hydrogen-bond acceptors (Lipinski definition) is 3. The van der Waals surface area contributed by atoms with E-state index in [0.717, 1.165) is 37.2 Å². The number of carbonyl (C=O) groups excluding carboxylic acids is 1. The number of thioether (sulfide) groups is 1. The van der Waals surface area contributed by atoms with Gasteiger partial charge in [0.05, 0.1) is 5.75 Å². The van der Waals surface area contributed by atoms with Crippen molar-refractivity contribution in [3.63, 3.8) is 0 Å². The second-order valence-electron chi connectivity index (χ2n) is 5.21. The van der Waals surface area contributed by atoms with Crippen molar-refractivity contribution in [3.05, 3.63) is 33.8 Å². The molecule has 1 heterocycles. The Kier molecular flexibility index (Phi) is 8.95. The second kappa shape index (κ2) is 9.89. The molecule has 1 amide bonds. The number of amides is 1. The number of nitrogens with one attached hydrogen (secondary N) is 1. The van der Waals surface area contributed by atoms with Crippen molar-refractivity contribution in [2.75, 3.05) is 25.9 Å². The van der Waals surface area contributed by atoms with Crippen LogP contribution in [0.2, 0.25) is 10.0 Å². The molecular weight excluding hydrogens is 363 g/mol. The Hall–Kier alpha value is -0.130. The third-order valence-corrected chi connectivity index (χ3v) is 5.30. The van der Waals surface area contributed by atoms with Gasteiger partial charge in [-0.15, -0.1) is 24.2 Å². The van der Waals surface area contributed by atoms with Gasteiger partial charge in [0.15, 0.2) is 0 Å². The summed E-state index contributed by atoms with van der Waals surface area (Å²) in [6, 6.07) is 5.85. The van der Waals surface area contributed by atoms with E-state index in [1.807, 2.05) is 24.1 Å². The largest absolute Gasteiger partial charge is 0.342 e. The molecule has 124 valence electrons. The minimum Gasteiger partial charge on any atom is -0.342 e. The molecule has 2 rings (SSSR count). The third-order valence-electron chi connectivity index (χ3n) is 3.75. The van der Waals surface area contributed by atoms with Gasteiger partial charge >= 0.3 is 0 Å². The van der Waals surface area contributed by atoms with Gasteiger partial charge in [0.2, 0.25) is 5.91 Å². The van der Waals surface area contributed by atoms with Gasteiger partial charge in [-0.3, -0.25) is 4.79 Å². The molecular formula is C15H21Cl3N2OS. The van der Waals surface area contributed by atoms with Gasteiger partial charge in [0, 0.05) is 28.9 Å². The highest BCUT2D eigenvalue weighted by Crippen LogP contribution is 2.25. The lowest BCUT2D eigenvalue weighted by Gasteiger charge is -2.31. The zero-order valence-corrected chi connectivity index (χ0v) is 15.6. The molecule has 1 saturated heterocycles. The van der Waals surface area contributed by atoms with Crippen LogP contribution in [0.3, 0.4) is 0 Å². The van der Waals surface area contributed by atoms with Crippen LogP contribution in [-0.4, -0.2) is 42.7 Å². The predicted octanol–water partition coefficient (Wildman–Crippen LogP) is 3.86. The summed E-state index contributed by atoms with van der Waals surface area (Å²) in [4.78, 5) is 14.1. The third kappa shape index (κ3) is 5.82. The van der Waals surface area contributed by atoms with Gasteiger partial charge in [0.25, 0.3) is 0 Å². The zero-order valence-electron chi connectivity index (χ0n) is 12.5. The molecule has 1 aromatic carbocycles. The Morgan fingerprint density at radius 3 is 2.68 bits per heavy atom. The summed E-state index contributed by atoms with van der Waals surface area (Å²) in [5.41, 5.74) is 1.02. The molecule has 0 aliphatic carbocycles. The molecule has 0 aromatic heterocycles. The Bertz CT molecular complexity index is 496. The molecule has 0 spiro atoms. The van der Waals surface area contributed by atoms with Crippen molar-refractivity contribution >= 4 is 53.3 Å². The summed E-state index contributed by atoms with van der Waals surface area (Å²) in [5, 5.41) is 4.61. The van der Waals surface area contributed by atoms with Crippen LogP contribution in [0.4, 0.5) is 0 Å². The van der Waals surface area contributed by atoms with E-state index in [0.29, 0.717) is 21.8 Å². The fourth-order valence-electron chi connectivity index (χ4n) is 2.39. The van der Waals surface area contributed by atoms with Crippen LogP contribution < -0.4 is 5.32 Å². The second-order valence-corrected chi connectivity index (χ2v) is 7.04. The fourth-order valence-corrected chi connectivity index (χ4v) is 3.89. The van der Waals surface area contributed by atoms with Gasteiger partial charge < -0.3 is 10.2 Å². The summed E-state index contributed by atoms with van der Waals surface area (Å²) < 4.78 is 0. The average molecular weight is 384 g/mol. The quantitative estimate of drug-likeness (QED) is 0.838. The normalized spacial score (nSPS) is 15.2. The monoisotopic (exact) mass is 382 g/mol. The van der Waals surface area contributed by atoms with E-state index < -0.39 is 0 Å². The van der Waals surface area contributed by atoms with Gasteiger partial charge in [-0.1, -0.05) is 29.3 Å². The fraction of sp³-hybridized carbons (Fsp3) is 0.533. The molecule has 1 aliphatic heterocycles. The van der Waals surface area contributed by atoms with E-state index in [4.69, 9.17) is 23.2 Å². The number of rotatable bonds is 5. The smallest absolute Gasteiger partial charge is 0.232 e. The average Bonchev–Trinajstić information content (AvgIpc) is 2.49. The first-order chi connectivity index (χ1) is 10.1. The van der Waals surface area contributed by atoms with Crippen molar-refractivity contribution in [2.24, 2.45) is 0 Å². The van der Waals surface area contributed by atoms with Crippen molar-refractivity contribution in [1.29, 1.82) is 0 Å². The summed E-state index contributed by atoms with van der Waals surface area (Å²) >= 11 is 13.6. The molecule has 0 unspecified atom stereocenters. The lowest BCUT2D eigenvalue weighted by Crippen LogP contribution is -2.44. The van der Waals surface area contributed by atoms with Gasteiger partial charge in [-0.2, -0.15) is 0 Å². The molecule has 1 aromatic rings. The molecule has 0 atom stereocenters. The number of carbonyl (C=O) groups is 1. The highest BCUT2D eigenvalue weighted by atomic mass is 35.5. The minimum absolute atomic E-state index is 0. The molecule has 0 radical (unpaired) electrons. The predicted molar refractivity (Wildman–Crippen MR) is 98.5 cm³/mol. The highest BCUT2D eigenvalue weighted by Gasteiger charge is 2.21. The first-order valence-corrected chi connectivity index (χ1v) is 8.97. The summed E-state index contributed by atoms with van der Waals surface area (Å²) in [6.45, 7) is 1.99. The first kappa shape index (κ1) is 19.9. The Labute approximate surface area is 152 Å². The summed E-state index contributed by atoms with van der Waals surface area (Å²) in [5.74, 6) is 1.40. The van der Waals surface area contributed by atoms with E-state index in [2.05, 4.69) is 5.32 Å². The van der Waals surface area contributed by atoms with Crippen LogP contribution in [-0.2, 0) is 10.5 Å². The molecule has 3 nitrogen and oxygen atoms in total. The molecule has 7 heteroatoms. The SMILES string of the molecule is CN(C(=O)CSCc1ccc(Cl)cc1Cl)C1CCNCC1.Cl. The van der Waals surface area contributed by atoms with Crippen LogP contribution >= 0.6 is 47.4 Å². The van der Waals surface area contributed by atoms with Crippen LogP contribution in [0, 0.1) is 0 Å².